The van der Waals surface area contributed by atoms with Crippen molar-refractivity contribution in [2.75, 3.05) is 23.3 Å². The first-order valence-corrected chi connectivity index (χ1v) is 9.80. The fourth-order valence-electron chi connectivity index (χ4n) is 3.32. The molecule has 2 heterocycles. The number of aromatic nitrogens is 2. The highest BCUT2D eigenvalue weighted by Crippen LogP contribution is 2.25. The predicted octanol–water partition coefficient (Wildman–Crippen LogP) is 2.25. The molecule has 0 saturated carbocycles. The Bertz CT molecular complexity index is 920. The maximum absolute atomic E-state index is 12.2. The summed E-state index contributed by atoms with van der Waals surface area (Å²) in [5.74, 6) is 0.189. The van der Waals surface area contributed by atoms with Gasteiger partial charge in [0.2, 0.25) is 17.8 Å². The summed E-state index contributed by atoms with van der Waals surface area (Å²) < 4.78 is 1.24. The largest absolute Gasteiger partial charge is 0.368 e. The molecule has 1 atom stereocenters. The second-order valence-electron chi connectivity index (χ2n) is 7.49. The Morgan fingerprint density at radius 2 is 2.07 bits per heavy atom. The van der Waals surface area contributed by atoms with Gasteiger partial charge in [0.15, 0.2) is 0 Å². The van der Waals surface area contributed by atoms with Crippen molar-refractivity contribution in [3.8, 4) is 0 Å². The number of primary amides is 1. The van der Waals surface area contributed by atoms with Gasteiger partial charge < -0.3 is 16.0 Å². The lowest BCUT2D eigenvalue weighted by Crippen LogP contribution is -2.44. The average Bonchev–Trinajstić information content (AvgIpc) is 2.80. The summed E-state index contributed by atoms with van der Waals surface area (Å²) >= 11 is 6.35. The van der Waals surface area contributed by atoms with Crippen LogP contribution in [0.3, 0.4) is 0 Å². The molecule has 0 bridgehead atoms. The zero-order chi connectivity index (χ0) is 21.1. The molecule has 2 amide bonds. The molecule has 0 fully saturated rings. The Labute approximate surface area is 175 Å². The fraction of sp³-hybridized carbons (Fsp3) is 0.400. The van der Waals surface area contributed by atoms with Gasteiger partial charge >= 0.3 is 0 Å². The van der Waals surface area contributed by atoms with E-state index in [1.165, 1.54) is 4.42 Å². The lowest BCUT2D eigenvalue weighted by molar-refractivity contribution is -0.128. The van der Waals surface area contributed by atoms with Crippen LogP contribution in [-0.4, -0.2) is 46.3 Å². The molecule has 9 heteroatoms. The van der Waals surface area contributed by atoms with Crippen LogP contribution in [0.5, 0.6) is 0 Å². The van der Waals surface area contributed by atoms with Crippen LogP contribution < -0.4 is 15.5 Å². The topological polar surface area (TPSA) is 104 Å². The third-order valence-corrected chi connectivity index (χ3v) is 5.36. The first-order valence-electron chi connectivity index (χ1n) is 9.46. The number of rotatable bonds is 6. The molecule has 0 radical (unpaired) electrons. The van der Waals surface area contributed by atoms with Crippen LogP contribution in [0.2, 0.25) is 0 Å². The molecular weight excluding hydrogens is 392 g/mol. The summed E-state index contributed by atoms with van der Waals surface area (Å²) in [5, 5.41) is 3.14. The van der Waals surface area contributed by atoms with E-state index in [0.29, 0.717) is 24.7 Å². The molecule has 1 aliphatic heterocycles. The number of carbonyl (C=O) groups excluding carboxylic acids is 2. The number of likely N-dealkylation sites (N-methyl/N-ethyl adjacent to an activating group) is 1. The Morgan fingerprint density at radius 3 is 2.76 bits per heavy atom. The number of halogens is 1. The number of carbonyl (C=O) groups is 2. The third kappa shape index (κ3) is 4.76. The van der Waals surface area contributed by atoms with Gasteiger partial charge in [0, 0.05) is 43.3 Å². The Balaban J connectivity index is 1.81. The molecule has 1 aromatic heterocycles. The fourth-order valence-corrected chi connectivity index (χ4v) is 3.74. The first-order chi connectivity index (χ1) is 13.8. The molecule has 0 aliphatic carbocycles. The van der Waals surface area contributed by atoms with Crippen LogP contribution in [0.1, 0.15) is 25.0 Å². The van der Waals surface area contributed by atoms with Crippen LogP contribution in [0, 0.1) is 5.92 Å². The van der Waals surface area contributed by atoms with E-state index in [1.807, 2.05) is 39.1 Å². The van der Waals surface area contributed by atoms with Gasteiger partial charge in [-0.3, -0.25) is 14.0 Å². The Kier molecular flexibility index (Phi) is 6.22. The van der Waals surface area contributed by atoms with Crippen LogP contribution >= 0.6 is 11.8 Å². The van der Waals surface area contributed by atoms with E-state index in [1.54, 1.807) is 17.2 Å². The van der Waals surface area contributed by atoms with Crippen molar-refractivity contribution in [2.24, 2.45) is 11.7 Å². The van der Waals surface area contributed by atoms with Crippen molar-refractivity contribution in [3.63, 3.8) is 0 Å². The van der Waals surface area contributed by atoms with E-state index in [4.69, 9.17) is 17.5 Å². The van der Waals surface area contributed by atoms with Crippen molar-refractivity contribution in [2.45, 2.75) is 32.7 Å². The van der Waals surface area contributed by atoms with E-state index in [2.05, 4.69) is 15.3 Å². The molecule has 29 heavy (non-hydrogen) atoms. The molecule has 1 aliphatic rings. The molecule has 0 saturated heterocycles. The summed E-state index contributed by atoms with van der Waals surface area (Å²) in [6.07, 6.45) is 2.75. The molecule has 0 spiro atoms. The van der Waals surface area contributed by atoms with Crippen molar-refractivity contribution >= 4 is 41.0 Å². The second kappa shape index (κ2) is 8.65. The number of amides is 2. The first kappa shape index (κ1) is 20.9. The van der Waals surface area contributed by atoms with Gasteiger partial charge in [-0.15, -0.1) is 0 Å². The molecule has 0 unspecified atom stereocenters. The highest BCUT2D eigenvalue weighted by molar-refractivity contribution is 6.27. The number of benzene rings is 1. The van der Waals surface area contributed by atoms with Gasteiger partial charge in [0.1, 0.15) is 11.9 Å². The minimum atomic E-state index is -0.699. The van der Waals surface area contributed by atoms with E-state index >= 15 is 0 Å². The smallest absolute Gasteiger partial charge is 0.241 e. The van der Waals surface area contributed by atoms with E-state index in [0.717, 1.165) is 23.2 Å². The third-order valence-electron chi connectivity index (χ3n) is 4.97. The number of nitrogens with two attached hydrogens (primary N) is 1. The van der Waals surface area contributed by atoms with Crippen LogP contribution in [0.25, 0.3) is 0 Å². The zero-order valence-corrected chi connectivity index (χ0v) is 17.5. The predicted molar refractivity (Wildman–Crippen MR) is 113 cm³/mol. The molecular formula is C20H25ClN6O2. The van der Waals surface area contributed by atoms with Crippen molar-refractivity contribution in [1.29, 1.82) is 0 Å². The number of hydrogen-bond acceptors (Lipinski definition) is 6. The number of anilines is 3. The minimum absolute atomic E-state index is 0.0865. The van der Waals surface area contributed by atoms with Crippen LogP contribution in [0.4, 0.5) is 17.5 Å². The normalized spacial score (nSPS) is 14.9. The van der Waals surface area contributed by atoms with Gasteiger partial charge in [-0.25, -0.2) is 4.98 Å². The molecule has 154 valence electrons. The maximum atomic E-state index is 12.2. The summed E-state index contributed by atoms with van der Waals surface area (Å²) in [4.78, 5) is 34.3. The monoisotopic (exact) mass is 416 g/mol. The summed E-state index contributed by atoms with van der Waals surface area (Å²) in [5.41, 5.74) is 8.41. The second-order valence-corrected chi connectivity index (χ2v) is 7.86. The highest BCUT2D eigenvalue weighted by atomic mass is 35.5. The van der Waals surface area contributed by atoms with Gasteiger partial charge in [-0.05, 0) is 35.6 Å². The van der Waals surface area contributed by atoms with Gasteiger partial charge in [0.05, 0.1) is 6.42 Å². The van der Waals surface area contributed by atoms with E-state index in [-0.39, 0.29) is 11.8 Å². The maximum Gasteiger partial charge on any atom is 0.241 e. The summed E-state index contributed by atoms with van der Waals surface area (Å²) in [6.45, 7) is 4.44. The van der Waals surface area contributed by atoms with Gasteiger partial charge in [-0.2, -0.15) is 4.98 Å². The molecule has 8 nitrogen and oxygen atoms in total. The lowest BCUT2D eigenvalue weighted by atomic mass is 10.0. The molecule has 2 aromatic rings. The number of nitrogens with zero attached hydrogens (tertiary/aromatic N) is 4. The number of fused-ring (bicyclic) bond motifs is 1. The standard InChI is InChI=1S/C20H25ClN6O2/c1-12(2)18(19(22)29)27(21)16-6-8-23-20(25-16)24-15-5-4-13-7-9-26(3)17(28)11-14(13)10-15/h4-6,8,10,12,18H,7,9,11H2,1-3H3,(H2,22,29)(H,23,24,25)/t18-/m1/s1. The quantitative estimate of drug-likeness (QED) is 0.700. The van der Waals surface area contributed by atoms with Gasteiger partial charge in [0.25, 0.3) is 0 Å². The SMILES string of the molecule is CC(C)[C@H](C(N)=O)N(Cl)c1ccnc(Nc2ccc3c(c2)CC(=O)N(C)CC3)n1. The zero-order valence-electron chi connectivity index (χ0n) is 16.7. The highest BCUT2D eigenvalue weighted by Gasteiger charge is 2.27. The van der Waals surface area contributed by atoms with Crippen molar-refractivity contribution in [1.82, 2.24) is 14.9 Å². The molecule has 3 rings (SSSR count). The van der Waals surface area contributed by atoms with Crippen molar-refractivity contribution < 1.29 is 9.59 Å². The Morgan fingerprint density at radius 1 is 1.31 bits per heavy atom. The number of hydrogen-bond donors (Lipinski definition) is 2. The van der Waals surface area contributed by atoms with Gasteiger partial charge in [-0.1, -0.05) is 19.9 Å². The summed E-state index contributed by atoms with van der Waals surface area (Å²) in [6, 6.07) is 6.81. The summed E-state index contributed by atoms with van der Waals surface area (Å²) in [7, 11) is 1.82. The Hall–Kier alpha value is -2.87. The molecule has 3 N–H and O–H groups in total. The number of nitrogens with one attached hydrogen (secondary N) is 1. The van der Waals surface area contributed by atoms with E-state index < -0.39 is 11.9 Å². The lowest BCUT2D eigenvalue weighted by Gasteiger charge is -2.26. The van der Waals surface area contributed by atoms with Crippen molar-refractivity contribution in [3.05, 3.63) is 41.6 Å². The molecule has 1 aromatic carbocycles. The average molecular weight is 417 g/mol. The minimum Gasteiger partial charge on any atom is -0.368 e. The van der Waals surface area contributed by atoms with Crippen LogP contribution in [0.15, 0.2) is 30.5 Å². The van der Waals surface area contributed by atoms with Crippen LogP contribution in [-0.2, 0) is 22.4 Å². The van der Waals surface area contributed by atoms with E-state index in [9.17, 15) is 9.59 Å².